The van der Waals surface area contributed by atoms with E-state index in [1.165, 1.54) is 22.4 Å². The van der Waals surface area contributed by atoms with Crippen LogP contribution in [-0.2, 0) is 7.05 Å². The molecule has 4 aromatic carbocycles. The highest BCUT2D eigenvalue weighted by molar-refractivity contribution is 6.23. The zero-order valence-electron chi connectivity index (χ0n) is 23.4. The van der Waals surface area contributed by atoms with Crippen LogP contribution < -0.4 is 4.57 Å². The number of imidazole rings is 1. The Morgan fingerprint density at radius 3 is 2.13 bits per heavy atom. The highest BCUT2D eigenvalue weighted by Crippen LogP contribution is 2.43. The zero-order chi connectivity index (χ0) is 27.0. The number of rotatable bonds is 4. The van der Waals surface area contributed by atoms with Crippen molar-refractivity contribution in [2.24, 2.45) is 7.05 Å². The third kappa shape index (κ3) is 3.40. The first-order valence-electron chi connectivity index (χ1n) is 13.8. The Labute approximate surface area is 228 Å². The number of nitrogens with zero attached hydrogens (tertiary/aromatic N) is 2. The van der Waals surface area contributed by atoms with E-state index in [0.717, 1.165) is 55.3 Å². The Hall–Kier alpha value is -4.31. The van der Waals surface area contributed by atoms with Gasteiger partial charge in [-0.15, -0.1) is 0 Å². The molecule has 4 heteroatoms. The van der Waals surface area contributed by atoms with Crippen LogP contribution in [0.5, 0.6) is 0 Å². The maximum atomic E-state index is 6.71. The number of aromatic nitrogens is 2. The second-order valence-electron chi connectivity index (χ2n) is 11.3. The molecule has 0 saturated carbocycles. The van der Waals surface area contributed by atoms with Crippen molar-refractivity contribution in [1.29, 1.82) is 0 Å². The second kappa shape index (κ2) is 8.60. The van der Waals surface area contributed by atoms with Crippen molar-refractivity contribution in [3.05, 3.63) is 95.8 Å². The van der Waals surface area contributed by atoms with Gasteiger partial charge >= 0.3 is 0 Å². The monoisotopic (exact) mass is 513 g/mol. The fourth-order valence-electron chi connectivity index (χ4n) is 6.23. The van der Waals surface area contributed by atoms with Crippen LogP contribution in [0.3, 0.4) is 0 Å². The normalized spacial score (nSPS) is 12.3. The lowest BCUT2D eigenvalue weighted by Gasteiger charge is -2.18. The number of furan rings is 2. The molecule has 39 heavy (non-hydrogen) atoms. The summed E-state index contributed by atoms with van der Waals surface area (Å²) in [4.78, 5) is 0. The van der Waals surface area contributed by atoms with Gasteiger partial charge in [-0.25, -0.2) is 4.57 Å². The maximum Gasteiger partial charge on any atom is 0.297 e. The maximum absolute atomic E-state index is 6.71. The lowest BCUT2D eigenvalue weighted by atomic mass is 9.92. The molecule has 7 aromatic rings. The third-order valence-corrected chi connectivity index (χ3v) is 8.16. The van der Waals surface area contributed by atoms with Crippen molar-refractivity contribution in [1.82, 2.24) is 4.57 Å². The first-order valence-corrected chi connectivity index (χ1v) is 13.8. The molecule has 4 nitrogen and oxygen atoms in total. The summed E-state index contributed by atoms with van der Waals surface area (Å²) >= 11 is 0. The van der Waals surface area contributed by atoms with Crippen molar-refractivity contribution in [2.45, 2.75) is 46.5 Å². The Bertz CT molecular complexity index is 2020. The average molecular weight is 514 g/mol. The van der Waals surface area contributed by atoms with Crippen LogP contribution >= 0.6 is 0 Å². The van der Waals surface area contributed by atoms with Crippen molar-refractivity contribution >= 4 is 43.9 Å². The van der Waals surface area contributed by atoms with Crippen LogP contribution in [0.1, 0.15) is 56.2 Å². The number of aryl methyl sites for hydroxylation is 2. The van der Waals surface area contributed by atoms with Crippen LogP contribution in [-0.4, -0.2) is 4.57 Å². The molecule has 0 N–H and O–H groups in total. The fraction of sp³-hybridized carbons (Fsp3) is 0.229. The summed E-state index contributed by atoms with van der Waals surface area (Å²) < 4.78 is 17.7. The molecule has 0 aliphatic rings. The molecule has 0 radical (unpaired) electrons. The number of hydrogen-bond acceptors (Lipinski definition) is 2. The van der Waals surface area contributed by atoms with Crippen LogP contribution in [0.2, 0.25) is 0 Å². The molecule has 0 fully saturated rings. The first-order chi connectivity index (χ1) is 18.8. The highest BCUT2D eigenvalue weighted by atomic mass is 16.3. The molecule has 0 saturated heterocycles. The molecular formula is C35H33N2O2+. The van der Waals surface area contributed by atoms with E-state index in [4.69, 9.17) is 8.83 Å². The summed E-state index contributed by atoms with van der Waals surface area (Å²) in [5, 5.41) is 4.35. The van der Waals surface area contributed by atoms with Crippen LogP contribution in [0.25, 0.3) is 61.0 Å². The molecule has 7 rings (SSSR count). The van der Waals surface area contributed by atoms with Gasteiger partial charge in [-0.2, -0.15) is 4.57 Å². The van der Waals surface area contributed by atoms with Crippen LogP contribution in [0, 0.1) is 6.92 Å². The van der Waals surface area contributed by atoms with Gasteiger partial charge in [0.25, 0.3) is 5.82 Å². The molecule has 3 aromatic heterocycles. The summed E-state index contributed by atoms with van der Waals surface area (Å²) in [6.45, 7) is 11.3. The van der Waals surface area contributed by atoms with Gasteiger partial charge in [-0.3, -0.25) is 0 Å². The predicted molar refractivity (Wildman–Crippen MR) is 160 cm³/mol. The van der Waals surface area contributed by atoms with Crippen molar-refractivity contribution in [2.75, 3.05) is 0 Å². The lowest BCUT2D eigenvalue weighted by molar-refractivity contribution is -0.659. The van der Waals surface area contributed by atoms with Crippen LogP contribution in [0.15, 0.2) is 88.0 Å². The molecule has 3 heterocycles. The zero-order valence-corrected chi connectivity index (χ0v) is 23.4. The summed E-state index contributed by atoms with van der Waals surface area (Å²) in [5.74, 6) is 1.89. The van der Waals surface area contributed by atoms with Crippen molar-refractivity contribution < 1.29 is 13.4 Å². The van der Waals surface area contributed by atoms with Crippen molar-refractivity contribution in [3.63, 3.8) is 0 Å². The minimum absolute atomic E-state index is 0.392. The summed E-state index contributed by atoms with van der Waals surface area (Å²) in [5.41, 5.74) is 9.75. The van der Waals surface area contributed by atoms with Gasteiger partial charge in [0.1, 0.15) is 40.4 Å². The van der Waals surface area contributed by atoms with Gasteiger partial charge in [-0.05, 0) is 42.5 Å². The smallest absolute Gasteiger partial charge is 0.297 e. The van der Waals surface area contributed by atoms with Gasteiger partial charge < -0.3 is 8.83 Å². The SMILES string of the molecule is Cc1ccc2c(oc3ccc4c5ccccc5oc4c32)c1-c1n(-c2c(C(C)C)cccc2C(C)C)cc[n+]1C. The number of fused-ring (bicyclic) bond motifs is 7. The second-order valence-corrected chi connectivity index (χ2v) is 11.3. The quantitative estimate of drug-likeness (QED) is 0.220. The molecule has 0 bridgehead atoms. The molecule has 0 amide bonds. The van der Waals surface area contributed by atoms with E-state index in [1.807, 2.05) is 12.1 Å². The van der Waals surface area contributed by atoms with Gasteiger partial charge in [-0.1, -0.05) is 76.2 Å². The minimum atomic E-state index is 0.392. The van der Waals surface area contributed by atoms with E-state index in [2.05, 4.69) is 118 Å². The topological polar surface area (TPSA) is 35.1 Å². The molecule has 0 spiro atoms. The average Bonchev–Trinajstić information content (AvgIpc) is 3.60. The lowest BCUT2D eigenvalue weighted by Crippen LogP contribution is -2.29. The predicted octanol–water partition coefficient (Wildman–Crippen LogP) is 9.32. The van der Waals surface area contributed by atoms with E-state index >= 15 is 0 Å². The number of benzene rings is 4. The third-order valence-electron chi connectivity index (χ3n) is 8.16. The Morgan fingerprint density at radius 1 is 0.692 bits per heavy atom. The first kappa shape index (κ1) is 23.8. The molecular weight excluding hydrogens is 480 g/mol. The number of hydrogen-bond donors (Lipinski definition) is 0. The van der Waals surface area contributed by atoms with Crippen molar-refractivity contribution in [3.8, 4) is 17.1 Å². The van der Waals surface area contributed by atoms with E-state index in [9.17, 15) is 0 Å². The molecule has 0 atom stereocenters. The van der Waals surface area contributed by atoms with Gasteiger partial charge in [0.15, 0.2) is 5.58 Å². The van der Waals surface area contributed by atoms with Gasteiger partial charge in [0.2, 0.25) is 0 Å². The Kier molecular flexibility index (Phi) is 5.25. The largest absolute Gasteiger partial charge is 0.455 e. The van der Waals surface area contributed by atoms with E-state index in [1.54, 1.807) is 0 Å². The van der Waals surface area contributed by atoms with E-state index < -0.39 is 0 Å². The summed E-state index contributed by atoms with van der Waals surface area (Å²) in [6, 6.07) is 23.6. The van der Waals surface area contributed by atoms with Gasteiger partial charge in [0.05, 0.1) is 12.4 Å². The summed E-state index contributed by atoms with van der Waals surface area (Å²) in [7, 11) is 2.12. The molecule has 0 aliphatic heterocycles. The van der Waals surface area contributed by atoms with E-state index in [0.29, 0.717) is 11.8 Å². The van der Waals surface area contributed by atoms with E-state index in [-0.39, 0.29) is 0 Å². The molecule has 0 unspecified atom stereocenters. The fourth-order valence-corrected chi connectivity index (χ4v) is 6.23. The molecule has 0 aliphatic carbocycles. The van der Waals surface area contributed by atoms with Gasteiger partial charge in [0, 0.05) is 27.3 Å². The standard InChI is InChI=1S/C35H33N2O2/c1-20(2)23-11-9-12-24(21(3)4)32(23)37-19-18-36(6)35(37)30-22(5)14-15-27-31-29(39-34(27)30)17-16-26-25-10-7-8-13-28(25)38-33(26)31/h7-21H,1-6H3/q+1. The Morgan fingerprint density at radius 2 is 1.38 bits per heavy atom. The Balaban J connectivity index is 1.58. The number of para-hydroxylation sites is 2. The summed E-state index contributed by atoms with van der Waals surface area (Å²) in [6.07, 6.45) is 4.34. The minimum Gasteiger partial charge on any atom is -0.455 e. The highest BCUT2D eigenvalue weighted by Gasteiger charge is 2.30. The van der Waals surface area contributed by atoms with Crippen LogP contribution in [0.4, 0.5) is 0 Å². The molecule has 194 valence electrons.